The summed E-state index contributed by atoms with van der Waals surface area (Å²) >= 11 is 5.86. The zero-order valence-electron chi connectivity index (χ0n) is 13.9. The Labute approximate surface area is 153 Å². The van der Waals surface area contributed by atoms with Gasteiger partial charge in [-0.05, 0) is 49.8 Å². The Hall–Kier alpha value is -3.37. The molecule has 0 saturated heterocycles. The molecule has 8 heteroatoms. The molecule has 2 N–H and O–H groups in total. The number of aromatic amines is 1. The summed E-state index contributed by atoms with van der Waals surface area (Å²) in [5, 5.41) is 25.2. The number of nitrogens with zero attached hydrogens (tertiary/aromatic N) is 3. The van der Waals surface area contributed by atoms with E-state index in [-0.39, 0.29) is 22.3 Å². The number of carbonyl (C=O) groups excluding carboxylic acids is 1. The number of pyridine rings is 1. The highest BCUT2D eigenvalue weighted by Crippen LogP contribution is 2.28. The van der Waals surface area contributed by atoms with Crippen molar-refractivity contribution in [2.45, 2.75) is 13.8 Å². The summed E-state index contributed by atoms with van der Waals surface area (Å²) in [7, 11) is 0. The fourth-order valence-electron chi connectivity index (χ4n) is 2.62. The molecular weight excluding hydrogens is 356 g/mol. The molecule has 1 aliphatic heterocycles. The Balaban J connectivity index is 2.08. The highest BCUT2D eigenvalue weighted by Gasteiger charge is 2.29. The quantitative estimate of drug-likeness (QED) is 0.794. The number of amides is 1. The van der Waals surface area contributed by atoms with Gasteiger partial charge in [0.2, 0.25) is 0 Å². The number of benzene rings is 1. The van der Waals surface area contributed by atoms with Crippen molar-refractivity contribution >= 4 is 35.0 Å². The van der Waals surface area contributed by atoms with Gasteiger partial charge in [0, 0.05) is 10.6 Å². The average Bonchev–Trinajstić information content (AvgIpc) is 2.87. The van der Waals surface area contributed by atoms with Crippen LogP contribution < -0.4 is 10.6 Å². The van der Waals surface area contributed by atoms with E-state index in [1.165, 1.54) is 18.0 Å². The van der Waals surface area contributed by atoms with Gasteiger partial charge in [-0.25, -0.2) is 0 Å². The van der Waals surface area contributed by atoms with Crippen LogP contribution in [0.15, 0.2) is 39.7 Å². The fourth-order valence-corrected chi connectivity index (χ4v) is 2.74. The first kappa shape index (κ1) is 17.5. The first-order valence-corrected chi connectivity index (χ1v) is 7.94. The van der Waals surface area contributed by atoms with Crippen molar-refractivity contribution in [2.75, 3.05) is 5.01 Å². The first-order chi connectivity index (χ1) is 12.3. The van der Waals surface area contributed by atoms with E-state index in [1.54, 1.807) is 37.3 Å². The minimum atomic E-state index is -0.685. The molecule has 0 aliphatic carbocycles. The monoisotopic (exact) mass is 368 g/mol. The molecule has 0 saturated carbocycles. The number of carbonyl (C=O) groups is 1. The minimum absolute atomic E-state index is 0.121. The molecule has 0 radical (unpaired) electrons. The third-order valence-electron chi connectivity index (χ3n) is 4.03. The van der Waals surface area contributed by atoms with Crippen LogP contribution in [0.25, 0.3) is 6.08 Å². The van der Waals surface area contributed by atoms with E-state index in [4.69, 9.17) is 16.9 Å². The Morgan fingerprint density at radius 2 is 1.92 bits per heavy atom. The fraction of sp³-hybridized carbons (Fsp3) is 0.111. The van der Waals surface area contributed by atoms with E-state index in [2.05, 4.69) is 10.1 Å². The lowest BCUT2D eigenvalue weighted by molar-refractivity contribution is -0.114. The summed E-state index contributed by atoms with van der Waals surface area (Å²) in [5.74, 6) is -0.808. The summed E-state index contributed by atoms with van der Waals surface area (Å²) in [5.41, 5.74) is 0.897. The normalized spacial score (nSPS) is 15.3. The lowest BCUT2D eigenvalue weighted by Gasteiger charge is -2.12. The largest absolute Gasteiger partial charge is 0.494 e. The number of aromatic hydroxyl groups is 1. The van der Waals surface area contributed by atoms with Crippen LogP contribution in [-0.4, -0.2) is 21.7 Å². The van der Waals surface area contributed by atoms with Gasteiger partial charge >= 0.3 is 0 Å². The highest BCUT2D eigenvalue weighted by atomic mass is 35.5. The van der Waals surface area contributed by atoms with Crippen LogP contribution in [0.4, 0.5) is 5.69 Å². The standard InChI is InChI=1S/C18H13ClN4O3/c1-9-13(16(24)21-17(25)15(9)8-20)7-14-10(2)22-23(18(14)26)12-5-3-11(19)4-6-12/h3-7H,1-2H3,(H2,21,24,25)/b14-7-. The summed E-state index contributed by atoms with van der Waals surface area (Å²) in [6.45, 7) is 3.19. The van der Waals surface area contributed by atoms with Gasteiger partial charge in [0.1, 0.15) is 11.6 Å². The Kier molecular flexibility index (Phi) is 4.36. The van der Waals surface area contributed by atoms with Crippen LogP contribution in [0.2, 0.25) is 5.02 Å². The Morgan fingerprint density at radius 1 is 1.27 bits per heavy atom. The summed E-state index contributed by atoms with van der Waals surface area (Å²) in [6, 6.07) is 8.42. The van der Waals surface area contributed by atoms with E-state index in [0.29, 0.717) is 16.4 Å². The number of halogens is 1. The molecule has 130 valence electrons. The van der Waals surface area contributed by atoms with Gasteiger partial charge in [-0.1, -0.05) is 11.6 Å². The Morgan fingerprint density at radius 3 is 2.54 bits per heavy atom. The lowest BCUT2D eigenvalue weighted by Crippen LogP contribution is -2.21. The van der Waals surface area contributed by atoms with E-state index in [1.807, 2.05) is 0 Å². The number of nitrogens with one attached hydrogen (secondary N) is 1. The van der Waals surface area contributed by atoms with E-state index >= 15 is 0 Å². The SMILES string of the molecule is CC1=NN(c2ccc(Cl)cc2)C(=O)/C1=C\c1c(O)[nH]c(=O)c(C#N)c1C. The Bertz CT molecular complexity index is 1080. The third kappa shape index (κ3) is 2.87. The predicted molar refractivity (Wildman–Crippen MR) is 98.2 cm³/mol. The number of rotatable bonds is 2. The van der Waals surface area contributed by atoms with Gasteiger partial charge in [-0.15, -0.1) is 0 Å². The number of hydrogen-bond donors (Lipinski definition) is 2. The molecule has 0 atom stereocenters. The van der Waals surface area contributed by atoms with Crippen molar-refractivity contribution in [3.8, 4) is 11.9 Å². The van der Waals surface area contributed by atoms with Crippen molar-refractivity contribution in [1.29, 1.82) is 5.26 Å². The molecule has 1 aliphatic rings. The second kappa shape index (κ2) is 6.50. The molecular formula is C18H13ClN4O3. The molecule has 1 amide bonds. The zero-order chi connectivity index (χ0) is 19.0. The highest BCUT2D eigenvalue weighted by molar-refractivity contribution is 6.32. The summed E-state index contributed by atoms with van der Waals surface area (Å²) in [4.78, 5) is 26.7. The van der Waals surface area contributed by atoms with E-state index in [0.717, 1.165) is 0 Å². The molecule has 1 aromatic heterocycles. The molecule has 1 aromatic carbocycles. The van der Waals surface area contributed by atoms with Gasteiger partial charge < -0.3 is 5.11 Å². The molecule has 2 heterocycles. The first-order valence-electron chi connectivity index (χ1n) is 7.56. The molecule has 3 rings (SSSR count). The number of aromatic nitrogens is 1. The third-order valence-corrected chi connectivity index (χ3v) is 4.28. The maximum absolute atomic E-state index is 12.7. The van der Waals surface area contributed by atoms with Crippen LogP contribution in [0.1, 0.15) is 23.6 Å². The number of hydrazone groups is 1. The van der Waals surface area contributed by atoms with Crippen molar-refractivity contribution in [3.05, 3.63) is 61.9 Å². The molecule has 7 nitrogen and oxygen atoms in total. The molecule has 26 heavy (non-hydrogen) atoms. The van der Waals surface area contributed by atoms with Crippen molar-refractivity contribution in [1.82, 2.24) is 4.98 Å². The maximum Gasteiger partial charge on any atom is 0.280 e. The maximum atomic E-state index is 12.7. The van der Waals surface area contributed by atoms with Crippen LogP contribution in [0, 0.1) is 18.3 Å². The molecule has 0 unspecified atom stereocenters. The van der Waals surface area contributed by atoms with Crippen LogP contribution in [0.3, 0.4) is 0 Å². The minimum Gasteiger partial charge on any atom is -0.494 e. The van der Waals surface area contributed by atoms with Gasteiger partial charge in [-0.3, -0.25) is 14.6 Å². The van der Waals surface area contributed by atoms with Gasteiger partial charge in [-0.2, -0.15) is 15.4 Å². The summed E-state index contributed by atoms with van der Waals surface area (Å²) in [6.07, 6.45) is 1.42. The van der Waals surface area contributed by atoms with Crippen LogP contribution in [-0.2, 0) is 4.79 Å². The van der Waals surface area contributed by atoms with E-state index in [9.17, 15) is 14.7 Å². The van der Waals surface area contributed by atoms with Crippen LogP contribution in [0.5, 0.6) is 5.88 Å². The topological polar surface area (TPSA) is 110 Å². The molecule has 2 aromatic rings. The smallest absolute Gasteiger partial charge is 0.280 e. The number of H-pyrrole nitrogens is 1. The van der Waals surface area contributed by atoms with Crippen LogP contribution >= 0.6 is 11.6 Å². The number of anilines is 1. The lowest BCUT2D eigenvalue weighted by atomic mass is 10.0. The van der Waals surface area contributed by atoms with Crippen molar-refractivity contribution < 1.29 is 9.90 Å². The second-order valence-corrected chi connectivity index (χ2v) is 6.10. The van der Waals surface area contributed by atoms with Crippen molar-refractivity contribution in [2.24, 2.45) is 5.10 Å². The molecule has 0 fully saturated rings. The second-order valence-electron chi connectivity index (χ2n) is 5.67. The molecule has 0 bridgehead atoms. The zero-order valence-corrected chi connectivity index (χ0v) is 14.6. The average molecular weight is 369 g/mol. The summed E-state index contributed by atoms with van der Waals surface area (Å²) < 4.78 is 0. The predicted octanol–water partition coefficient (Wildman–Crippen LogP) is 2.72. The van der Waals surface area contributed by atoms with Gasteiger partial charge in [0.05, 0.1) is 17.0 Å². The van der Waals surface area contributed by atoms with E-state index < -0.39 is 17.3 Å². The number of nitriles is 1. The van der Waals surface area contributed by atoms with Gasteiger partial charge in [0.15, 0.2) is 5.88 Å². The van der Waals surface area contributed by atoms with Gasteiger partial charge in [0.25, 0.3) is 11.5 Å². The number of hydrogen-bond acceptors (Lipinski definition) is 5. The van der Waals surface area contributed by atoms with Crippen molar-refractivity contribution in [3.63, 3.8) is 0 Å². The molecule has 0 spiro atoms.